The second-order valence-electron chi connectivity index (χ2n) is 5.18. The van der Waals surface area contributed by atoms with E-state index in [9.17, 15) is 4.79 Å². The van der Waals surface area contributed by atoms with Gasteiger partial charge in [0.05, 0.1) is 12.8 Å². The van der Waals surface area contributed by atoms with Crippen LogP contribution in [0.3, 0.4) is 0 Å². The third kappa shape index (κ3) is 3.27. The van der Waals surface area contributed by atoms with Crippen LogP contribution in [0.5, 0.6) is 0 Å². The van der Waals surface area contributed by atoms with Crippen molar-refractivity contribution in [1.82, 2.24) is 4.90 Å². The largest absolute Gasteiger partial charge is 0.465 e. The normalized spacial score (nSPS) is 14.0. The molecule has 0 amide bonds. The minimum absolute atomic E-state index is 0. The average Bonchev–Trinajstić information content (AvgIpc) is 2.84. The Balaban J connectivity index is 0.00000176. The van der Waals surface area contributed by atoms with Gasteiger partial charge in [0.2, 0.25) is 0 Å². The van der Waals surface area contributed by atoms with Crippen LogP contribution in [0.1, 0.15) is 25.7 Å². The van der Waals surface area contributed by atoms with Crippen LogP contribution in [0.2, 0.25) is 0 Å². The van der Waals surface area contributed by atoms with Gasteiger partial charge in [-0.25, -0.2) is 4.79 Å². The van der Waals surface area contributed by atoms with E-state index in [4.69, 9.17) is 10.5 Å². The van der Waals surface area contributed by atoms with E-state index in [0.29, 0.717) is 10.6 Å². The molecule has 0 fully saturated rings. The first kappa shape index (κ1) is 16.8. The number of thiophene rings is 1. The first-order chi connectivity index (χ1) is 10.2. The maximum atomic E-state index is 11.7. The van der Waals surface area contributed by atoms with Crippen molar-refractivity contribution in [1.29, 1.82) is 0 Å². The third-order valence-corrected chi connectivity index (χ3v) is 5.01. The quantitative estimate of drug-likeness (QED) is 0.874. The monoisotopic (exact) mass is 338 g/mol. The summed E-state index contributed by atoms with van der Waals surface area (Å²) in [6.45, 7) is 2.73. The molecule has 0 spiro atoms. The number of methoxy groups -OCH3 is 1. The molecule has 0 aliphatic carbocycles. The summed E-state index contributed by atoms with van der Waals surface area (Å²) in [5.41, 5.74) is 9.14. The highest BCUT2D eigenvalue weighted by molar-refractivity contribution is 7.14. The van der Waals surface area contributed by atoms with Crippen LogP contribution in [0, 0.1) is 0 Å². The molecule has 118 valence electrons. The van der Waals surface area contributed by atoms with Crippen LogP contribution in [-0.2, 0) is 24.2 Å². The average molecular weight is 339 g/mol. The SMILES string of the molecule is COC(=O)c1sc2c(c1N)CCN(Cc1ccccc1)C2.Cl. The number of hydrogen-bond donors (Lipinski definition) is 1. The second-order valence-corrected chi connectivity index (χ2v) is 6.29. The lowest BCUT2D eigenvalue weighted by Crippen LogP contribution is -2.29. The van der Waals surface area contributed by atoms with E-state index in [1.165, 1.54) is 28.9 Å². The predicted octanol–water partition coefficient (Wildman–Crippen LogP) is 3.10. The minimum Gasteiger partial charge on any atom is -0.465 e. The zero-order valence-electron chi connectivity index (χ0n) is 12.4. The summed E-state index contributed by atoms with van der Waals surface area (Å²) >= 11 is 1.47. The molecule has 1 aliphatic rings. The predicted molar refractivity (Wildman–Crippen MR) is 91.6 cm³/mol. The molecule has 0 radical (unpaired) electrons. The van der Waals surface area contributed by atoms with Gasteiger partial charge in [0.25, 0.3) is 0 Å². The number of ether oxygens (including phenoxy) is 1. The van der Waals surface area contributed by atoms with Gasteiger partial charge in [0.1, 0.15) is 4.88 Å². The van der Waals surface area contributed by atoms with E-state index in [1.54, 1.807) is 0 Å². The van der Waals surface area contributed by atoms with Gasteiger partial charge in [-0.05, 0) is 17.5 Å². The Morgan fingerprint density at radius 1 is 1.36 bits per heavy atom. The number of nitrogens with zero attached hydrogens (tertiary/aromatic N) is 1. The highest BCUT2D eigenvalue weighted by Gasteiger charge is 2.26. The molecule has 0 atom stereocenters. The van der Waals surface area contributed by atoms with E-state index in [2.05, 4.69) is 29.2 Å². The molecule has 0 saturated carbocycles. The maximum Gasteiger partial charge on any atom is 0.350 e. The van der Waals surface area contributed by atoms with E-state index < -0.39 is 0 Å². The molecular formula is C16H19ClN2O2S. The van der Waals surface area contributed by atoms with Gasteiger partial charge in [0, 0.05) is 24.5 Å². The van der Waals surface area contributed by atoms with Crippen molar-refractivity contribution in [2.45, 2.75) is 19.5 Å². The van der Waals surface area contributed by atoms with Crippen LogP contribution in [0.4, 0.5) is 5.69 Å². The number of carbonyl (C=O) groups is 1. The summed E-state index contributed by atoms with van der Waals surface area (Å²) in [5, 5.41) is 0. The Labute approximate surface area is 140 Å². The number of halogens is 1. The third-order valence-electron chi connectivity index (χ3n) is 3.80. The Morgan fingerprint density at radius 3 is 2.77 bits per heavy atom. The van der Waals surface area contributed by atoms with Gasteiger partial charge in [0.15, 0.2) is 0 Å². The van der Waals surface area contributed by atoms with Crippen molar-refractivity contribution in [2.75, 3.05) is 19.4 Å². The molecule has 4 nitrogen and oxygen atoms in total. The lowest BCUT2D eigenvalue weighted by atomic mass is 10.1. The number of esters is 1. The summed E-state index contributed by atoms with van der Waals surface area (Å²) in [6.07, 6.45) is 0.890. The summed E-state index contributed by atoms with van der Waals surface area (Å²) < 4.78 is 4.80. The minimum atomic E-state index is -0.332. The number of anilines is 1. The molecule has 0 saturated heterocycles. The van der Waals surface area contributed by atoms with Gasteiger partial charge >= 0.3 is 5.97 Å². The van der Waals surface area contributed by atoms with Gasteiger partial charge in [-0.3, -0.25) is 4.90 Å². The summed E-state index contributed by atoms with van der Waals surface area (Å²) in [5.74, 6) is -0.332. The highest BCUT2D eigenvalue weighted by atomic mass is 35.5. The zero-order valence-corrected chi connectivity index (χ0v) is 14.0. The topological polar surface area (TPSA) is 55.6 Å². The van der Waals surface area contributed by atoms with E-state index >= 15 is 0 Å². The van der Waals surface area contributed by atoms with Crippen molar-refractivity contribution in [3.63, 3.8) is 0 Å². The van der Waals surface area contributed by atoms with Crippen molar-refractivity contribution < 1.29 is 9.53 Å². The molecule has 2 aromatic rings. The number of fused-ring (bicyclic) bond motifs is 1. The van der Waals surface area contributed by atoms with Gasteiger partial charge < -0.3 is 10.5 Å². The van der Waals surface area contributed by atoms with Gasteiger partial charge in [-0.15, -0.1) is 23.7 Å². The van der Waals surface area contributed by atoms with E-state index in [1.807, 2.05) is 6.07 Å². The van der Waals surface area contributed by atoms with Gasteiger partial charge in [-0.2, -0.15) is 0 Å². The Morgan fingerprint density at radius 2 is 2.09 bits per heavy atom. The van der Waals surface area contributed by atoms with Crippen LogP contribution >= 0.6 is 23.7 Å². The van der Waals surface area contributed by atoms with Crippen molar-refractivity contribution in [2.24, 2.45) is 0 Å². The fourth-order valence-corrected chi connectivity index (χ4v) is 3.93. The summed E-state index contributed by atoms with van der Waals surface area (Å²) in [4.78, 5) is 15.8. The first-order valence-corrected chi connectivity index (χ1v) is 7.75. The zero-order chi connectivity index (χ0) is 14.8. The number of carbonyl (C=O) groups excluding carboxylic acids is 1. The lowest BCUT2D eigenvalue weighted by molar-refractivity contribution is 0.0607. The second kappa shape index (κ2) is 7.13. The lowest BCUT2D eigenvalue weighted by Gasteiger charge is -2.26. The molecular weight excluding hydrogens is 320 g/mol. The number of benzene rings is 1. The number of rotatable bonds is 3. The molecule has 1 aliphatic heterocycles. The molecule has 3 rings (SSSR count). The number of nitrogen functional groups attached to an aromatic ring is 1. The highest BCUT2D eigenvalue weighted by Crippen LogP contribution is 2.35. The Bertz CT molecular complexity index is 658. The molecule has 22 heavy (non-hydrogen) atoms. The molecule has 0 unspecified atom stereocenters. The van der Waals surface area contributed by atoms with Crippen LogP contribution in [0.25, 0.3) is 0 Å². The van der Waals surface area contributed by atoms with E-state index in [-0.39, 0.29) is 18.4 Å². The summed E-state index contributed by atoms with van der Waals surface area (Å²) in [6, 6.07) is 10.4. The number of nitrogens with two attached hydrogens (primary N) is 1. The van der Waals surface area contributed by atoms with Crippen LogP contribution in [-0.4, -0.2) is 24.5 Å². The smallest absolute Gasteiger partial charge is 0.350 e. The molecule has 2 heterocycles. The molecule has 0 bridgehead atoms. The Kier molecular flexibility index (Phi) is 5.45. The molecule has 2 N–H and O–H groups in total. The van der Waals surface area contributed by atoms with E-state index in [0.717, 1.165) is 31.6 Å². The van der Waals surface area contributed by atoms with Gasteiger partial charge in [-0.1, -0.05) is 30.3 Å². The van der Waals surface area contributed by atoms with Crippen molar-refractivity contribution in [3.8, 4) is 0 Å². The van der Waals surface area contributed by atoms with Crippen molar-refractivity contribution >= 4 is 35.4 Å². The number of hydrogen-bond acceptors (Lipinski definition) is 5. The summed E-state index contributed by atoms with van der Waals surface area (Å²) in [7, 11) is 1.39. The fourth-order valence-electron chi connectivity index (χ4n) is 2.70. The molecule has 6 heteroatoms. The van der Waals surface area contributed by atoms with Crippen LogP contribution < -0.4 is 5.73 Å². The first-order valence-electron chi connectivity index (χ1n) is 6.93. The standard InChI is InChI=1S/C16H18N2O2S.ClH/c1-20-16(19)15-14(17)12-7-8-18(10-13(12)21-15)9-11-5-3-2-4-6-11;/h2-6H,7-10,17H2,1H3;1H. The fraction of sp³-hybridized carbons (Fsp3) is 0.312. The maximum absolute atomic E-state index is 11.7. The Hall–Kier alpha value is -1.56. The van der Waals surface area contributed by atoms with Crippen molar-refractivity contribution in [3.05, 3.63) is 51.2 Å². The van der Waals surface area contributed by atoms with Crippen LogP contribution in [0.15, 0.2) is 30.3 Å². The molecule has 1 aromatic heterocycles. The molecule has 1 aromatic carbocycles.